The molecule has 0 saturated carbocycles. The SMILES string of the molecule is COCCCCn1cc(S(=O)(=O)Cl)nc1C(C)C. The molecule has 7 heteroatoms. The monoisotopic (exact) mass is 294 g/mol. The van der Waals surface area contributed by atoms with E-state index in [1.54, 1.807) is 7.11 Å². The fourth-order valence-electron chi connectivity index (χ4n) is 1.69. The van der Waals surface area contributed by atoms with Crippen LogP contribution in [0.5, 0.6) is 0 Å². The summed E-state index contributed by atoms with van der Waals surface area (Å²) in [5, 5.41) is -0.0698. The molecule has 0 bridgehead atoms. The Morgan fingerprint density at radius 2 is 2.11 bits per heavy atom. The maximum Gasteiger partial charge on any atom is 0.280 e. The first-order chi connectivity index (χ1) is 8.36. The van der Waals surface area contributed by atoms with E-state index in [1.165, 1.54) is 6.20 Å². The second kappa shape index (κ2) is 6.54. The molecule has 1 aromatic rings. The highest BCUT2D eigenvalue weighted by molar-refractivity contribution is 8.13. The molecule has 0 amide bonds. The molecule has 0 unspecified atom stereocenters. The number of hydrogen-bond acceptors (Lipinski definition) is 4. The summed E-state index contributed by atoms with van der Waals surface area (Å²) in [6, 6.07) is 0. The Bertz CT molecular complexity index is 482. The van der Waals surface area contributed by atoms with E-state index in [-0.39, 0.29) is 10.9 Å². The van der Waals surface area contributed by atoms with Crippen molar-refractivity contribution in [3.05, 3.63) is 12.0 Å². The van der Waals surface area contributed by atoms with Gasteiger partial charge in [-0.3, -0.25) is 0 Å². The van der Waals surface area contributed by atoms with Crippen LogP contribution in [0.1, 0.15) is 38.4 Å². The minimum absolute atomic E-state index is 0.0698. The third-order valence-corrected chi connectivity index (χ3v) is 3.72. The van der Waals surface area contributed by atoms with E-state index in [0.717, 1.165) is 25.2 Å². The zero-order chi connectivity index (χ0) is 13.8. The van der Waals surface area contributed by atoms with Gasteiger partial charge in [-0.1, -0.05) is 13.8 Å². The summed E-state index contributed by atoms with van der Waals surface area (Å²) in [5.41, 5.74) is 0. The molecule has 5 nitrogen and oxygen atoms in total. The van der Waals surface area contributed by atoms with Gasteiger partial charge in [-0.25, -0.2) is 13.4 Å². The van der Waals surface area contributed by atoms with Crippen molar-refractivity contribution in [1.82, 2.24) is 9.55 Å². The molecule has 0 aliphatic carbocycles. The molecule has 18 heavy (non-hydrogen) atoms. The Labute approximate surface area is 113 Å². The van der Waals surface area contributed by atoms with Crippen molar-refractivity contribution in [3.63, 3.8) is 0 Å². The number of halogens is 1. The Kier molecular flexibility index (Phi) is 5.62. The number of methoxy groups -OCH3 is 1. The van der Waals surface area contributed by atoms with Crippen LogP contribution >= 0.6 is 10.7 Å². The highest BCUT2D eigenvalue weighted by atomic mass is 35.7. The van der Waals surface area contributed by atoms with E-state index in [2.05, 4.69) is 4.98 Å². The lowest BCUT2D eigenvalue weighted by Crippen LogP contribution is -2.05. The van der Waals surface area contributed by atoms with Gasteiger partial charge in [0.15, 0.2) is 5.03 Å². The second-order valence-electron chi connectivity index (χ2n) is 4.42. The highest BCUT2D eigenvalue weighted by Crippen LogP contribution is 2.20. The molecular formula is C11H19ClN2O3S. The van der Waals surface area contributed by atoms with Crippen molar-refractivity contribution in [2.75, 3.05) is 13.7 Å². The summed E-state index contributed by atoms with van der Waals surface area (Å²) < 4.78 is 29.4. The Morgan fingerprint density at radius 1 is 1.44 bits per heavy atom. The number of aryl methyl sites for hydroxylation is 1. The fraction of sp³-hybridized carbons (Fsp3) is 0.727. The predicted molar refractivity (Wildman–Crippen MR) is 70.5 cm³/mol. The number of unbranched alkanes of at least 4 members (excludes halogenated alkanes) is 1. The van der Waals surface area contributed by atoms with E-state index < -0.39 is 9.05 Å². The predicted octanol–water partition coefficient (Wildman–Crippen LogP) is 2.36. The Balaban J connectivity index is 2.85. The largest absolute Gasteiger partial charge is 0.385 e. The van der Waals surface area contributed by atoms with Gasteiger partial charge in [-0.15, -0.1) is 0 Å². The van der Waals surface area contributed by atoms with Crippen LogP contribution in [0.4, 0.5) is 0 Å². The summed E-state index contributed by atoms with van der Waals surface area (Å²) in [6.07, 6.45) is 3.34. The van der Waals surface area contributed by atoms with Crippen molar-refractivity contribution in [3.8, 4) is 0 Å². The van der Waals surface area contributed by atoms with Crippen molar-refractivity contribution in [2.24, 2.45) is 0 Å². The molecule has 0 aromatic carbocycles. The number of rotatable bonds is 7. The first-order valence-electron chi connectivity index (χ1n) is 5.87. The van der Waals surface area contributed by atoms with Crippen LogP contribution in [0.3, 0.4) is 0 Å². The van der Waals surface area contributed by atoms with Gasteiger partial charge in [0.25, 0.3) is 9.05 Å². The number of hydrogen-bond donors (Lipinski definition) is 0. The molecule has 0 aliphatic heterocycles. The molecule has 0 saturated heterocycles. The number of aromatic nitrogens is 2. The molecule has 0 fully saturated rings. The van der Waals surface area contributed by atoms with Crippen LogP contribution in [0.25, 0.3) is 0 Å². The summed E-state index contributed by atoms with van der Waals surface area (Å²) >= 11 is 0. The van der Waals surface area contributed by atoms with Crippen molar-refractivity contribution < 1.29 is 13.2 Å². The molecule has 0 aliphatic rings. The smallest absolute Gasteiger partial charge is 0.280 e. The molecule has 104 valence electrons. The lowest BCUT2D eigenvalue weighted by atomic mass is 10.2. The molecule has 1 aromatic heterocycles. The topological polar surface area (TPSA) is 61.2 Å². The van der Waals surface area contributed by atoms with Crippen LogP contribution in [0, 0.1) is 0 Å². The standard InChI is InChI=1S/C11H19ClN2O3S/c1-9(2)11-13-10(18(12,15)16)8-14(11)6-4-5-7-17-3/h8-9H,4-7H2,1-3H3. The molecule has 1 rings (SSSR count). The molecular weight excluding hydrogens is 276 g/mol. The van der Waals surface area contributed by atoms with Crippen molar-refractivity contribution >= 4 is 19.7 Å². The van der Waals surface area contributed by atoms with Gasteiger partial charge >= 0.3 is 0 Å². The second-order valence-corrected chi connectivity index (χ2v) is 6.94. The fourth-order valence-corrected chi connectivity index (χ4v) is 2.37. The molecule has 0 spiro atoms. The third-order valence-electron chi connectivity index (χ3n) is 2.55. The number of imidazole rings is 1. The maximum absolute atomic E-state index is 11.3. The third kappa shape index (κ3) is 4.26. The zero-order valence-electron chi connectivity index (χ0n) is 10.9. The average Bonchev–Trinajstić information content (AvgIpc) is 2.68. The molecule has 1 heterocycles. The minimum atomic E-state index is -3.76. The van der Waals surface area contributed by atoms with Crippen molar-refractivity contribution in [1.29, 1.82) is 0 Å². The van der Waals surface area contributed by atoms with Crippen LogP contribution in [-0.4, -0.2) is 31.7 Å². The van der Waals surface area contributed by atoms with Gasteiger partial charge in [-0.2, -0.15) is 0 Å². The summed E-state index contributed by atoms with van der Waals surface area (Å²) in [4.78, 5) is 4.09. The lowest BCUT2D eigenvalue weighted by molar-refractivity contribution is 0.191. The molecule has 0 radical (unpaired) electrons. The summed E-state index contributed by atoms with van der Waals surface area (Å²) in [6.45, 7) is 5.36. The van der Waals surface area contributed by atoms with Crippen LogP contribution in [0.2, 0.25) is 0 Å². The van der Waals surface area contributed by atoms with E-state index in [0.29, 0.717) is 6.61 Å². The molecule has 0 N–H and O–H groups in total. The van der Waals surface area contributed by atoms with Crippen molar-refractivity contribution in [2.45, 2.75) is 44.2 Å². The quantitative estimate of drug-likeness (QED) is 0.572. The first kappa shape index (κ1) is 15.5. The van der Waals surface area contributed by atoms with Crippen LogP contribution in [-0.2, 0) is 20.3 Å². The highest BCUT2D eigenvalue weighted by Gasteiger charge is 2.19. The number of ether oxygens (including phenoxy) is 1. The summed E-state index contributed by atoms with van der Waals surface area (Å²) in [5.74, 6) is 0.895. The Hall–Kier alpha value is -0.590. The van der Waals surface area contributed by atoms with Crippen LogP contribution < -0.4 is 0 Å². The normalized spacial score (nSPS) is 12.3. The van der Waals surface area contributed by atoms with Gasteiger partial charge in [0.1, 0.15) is 5.82 Å². The van der Waals surface area contributed by atoms with Gasteiger partial charge in [0.05, 0.1) is 0 Å². The van der Waals surface area contributed by atoms with E-state index >= 15 is 0 Å². The van der Waals surface area contributed by atoms with Gasteiger partial charge in [0.2, 0.25) is 0 Å². The minimum Gasteiger partial charge on any atom is -0.385 e. The van der Waals surface area contributed by atoms with E-state index in [4.69, 9.17) is 15.4 Å². The first-order valence-corrected chi connectivity index (χ1v) is 8.18. The van der Waals surface area contributed by atoms with Gasteiger partial charge in [-0.05, 0) is 12.8 Å². The van der Waals surface area contributed by atoms with Crippen LogP contribution in [0.15, 0.2) is 11.2 Å². The van der Waals surface area contributed by atoms with E-state index in [9.17, 15) is 8.42 Å². The van der Waals surface area contributed by atoms with Gasteiger partial charge < -0.3 is 9.30 Å². The van der Waals surface area contributed by atoms with Gasteiger partial charge in [0, 0.05) is 43.1 Å². The van der Waals surface area contributed by atoms with E-state index in [1.807, 2.05) is 18.4 Å². The number of nitrogens with zero attached hydrogens (tertiary/aromatic N) is 2. The Morgan fingerprint density at radius 3 is 2.61 bits per heavy atom. The molecule has 0 atom stereocenters. The zero-order valence-corrected chi connectivity index (χ0v) is 12.5. The average molecular weight is 295 g/mol. The maximum atomic E-state index is 11.3. The lowest BCUT2D eigenvalue weighted by Gasteiger charge is -2.09. The summed E-state index contributed by atoms with van der Waals surface area (Å²) in [7, 11) is 3.21.